The Morgan fingerprint density at radius 1 is 1.14 bits per heavy atom. The van der Waals surface area contributed by atoms with E-state index in [1.54, 1.807) is 6.07 Å². The van der Waals surface area contributed by atoms with Crippen LogP contribution in [0.5, 0.6) is 5.75 Å². The van der Waals surface area contributed by atoms with E-state index < -0.39 is 0 Å². The number of halogens is 2. The van der Waals surface area contributed by atoms with E-state index in [0.717, 1.165) is 20.3 Å². The molecule has 1 N–H and O–H groups in total. The van der Waals surface area contributed by atoms with Crippen LogP contribution in [0.1, 0.15) is 10.4 Å². The number of hydrogen-bond acceptors (Lipinski definition) is 3. The van der Waals surface area contributed by atoms with Gasteiger partial charge in [-0.3, -0.25) is 4.79 Å². The fourth-order valence-corrected chi connectivity index (χ4v) is 3.36. The molecular formula is C16H16Br2N2O2. The molecule has 0 aromatic heterocycles. The van der Waals surface area contributed by atoms with E-state index in [1.165, 1.54) is 7.11 Å². The highest BCUT2D eigenvalue weighted by atomic mass is 79.9. The number of carbonyl (C=O) groups excluding carboxylic acids is 1. The molecule has 0 atom stereocenters. The third kappa shape index (κ3) is 3.81. The second-order valence-electron chi connectivity index (χ2n) is 4.86. The Kier molecular flexibility index (Phi) is 5.47. The molecule has 2 rings (SSSR count). The standard InChI is InChI=1S/C16H16Br2N2O2/c1-20(2)12-6-4-11(5-7-12)19-16(21)13-8-10(17)9-14(18)15(13)22-3/h4-9H,1-3H3,(H,19,21). The van der Waals surface area contributed by atoms with Gasteiger partial charge in [0.15, 0.2) is 0 Å². The molecule has 0 radical (unpaired) electrons. The first kappa shape index (κ1) is 16.8. The minimum absolute atomic E-state index is 0.226. The molecule has 0 unspecified atom stereocenters. The van der Waals surface area contributed by atoms with E-state index in [4.69, 9.17) is 4.74 Å². The number of nitrogens with zero attached hydrogens (tertiary/aromatic N) is 1. The number of amides is 1. The molecule has 116 valence electrons. The smallest absolute Gasteiger partial charge is 0.259 e. The van der Waals surface area contributed by atoms with E-state index in [1.807, 2.05) is 49.3 Å². The quantitative estimate of drug-likeness (QED) is 0.778. The minimum atomic E-state index is -0.226. The predicted molar refractivity (Wildman–Crippen MR) is 97.1 cm³/mol. The number of benzene rings is 2. The molecule has 4 nitrogen and oxygen atoms in total. The van der Waals surface area contributed by atoms with Gasteiger partial charge in [0.25, 0.3) is 5.91 Å². The Morgan fingerprint density at radius 3 is 2.32 bits per heavy atom. The van der Waals surface area contributed by atoms with Crippen molar-refractivity contribution in [1.29, 1.82) is 0 Å². The number of carbonyl (C=O) groups is 1. The van der Waals surface area contributed by atoms with Crippen molar-refractivity contribution in [1.82, 2.24) is 0 Å². The summed E-state index contributed by atoms with van der Waals surface area (Å²) in [7, 11) is 5.48. The second-order valence-corrected chi connectivity index (χ2v) is 6.63. The maximum absolute atomic E-state index is 12.5. The number of anilines is 2. The van der Waals surface area contributed by atoms with E-state index >= 15 is 0 Å². The van der Waals surface area contributed by atoms with Gasteiger partial charge in [-0.2, -0.15) is 0 Å². The molecule has 0 aliphatic carbocycles. The van der Waals surface area contributed by atoms with Crippen LogP contribution in [0.25, 0.3) is 0 Å². The van der Waals surface area contributed by atoms with Crippen molar-refractivity contribution in [3.05, 3.63) is 50.9 Å². The monoisotopic (exact) mass is 426 g/mol. The molecule has 0 bridgehead atoms. The van der Waals surface area contributed by atoms with Gasteiger partial charge < -0.3 is 15.0 Å². The topological polar surface area (TPSA) is 41.6 Å². The molecule has 2 aromatic carbocycles. The molecule has 0 aliphatic rings. The maximum Gasteiger partial charge on any atom is 0.259 e. The first-order valence-electron chi connectivity index (χ1n) is 6.54. The van der Waals surface area contributed by atoms with E-state index in [0.29, 0.717) is 11.3 Å². The minimum Gasteiger partial charge on any atom is -0.495 e. The summed E-state index contributed by atoms with van der Waals surface area (Å²) in [4.78, 5) is 14.5. The van der Waals surface area contributed by atoms with Gasteiger partial charge in [0.05, 0.1) is 17.1 Å². The molecule has 0 saturated carbocycles. The molecule has 0 fully saturated rings. The Hall–Kier alpha value is -1.53. The summed E-state index contributed by atoms with van der Waals surface area (Å²) >= 11 is 6.78. The van der Waals surface area contributed by atoms with Crippen LogP contribution in [-0.4, -0.2) is 27.1 Å². The summed E-state index contributed by atoms with van der Waals surface area (Å²) in [5.74, 6) is 0.280. The fourth-order valence-electron chi connectivity index (χ4n) is 1.98. The zero-order chi connectivity index (χ0) is 16.3. The van der Waals surface area contributed by atoms with E-state index in [9.17, 15) is 4.79 Å². The van der Waals surface area contributed by atoms with Crippen LogP contribution >= 0.6 is 31.9 Å². The van der Waals surface area contributed by atoms with Gasteiger partial charge in [-0.15, -0.1) is 0 Å². The Labute approximate surface area is 146 Å². The molecule has 0 aliphatic heterocycles. The molecule has 0 spiro atoms. The van der Waals surface area contributed by atoms with Gasteiger partial charge in [-0.1, -0.05) is 15.9 Å². The number of hydrogen-bond donors (Lipinski definition) is 1. The summed E-state index contributed by atoms with van der Waals surface area (Å²) < 4.78 is 6.82. The fraction of sp³-hybridized carbons (Fsp3) is 0.188. The van der Waals surface area contributed by atoms with Crippen molar-refractivity contribution in [3.63, 3.8) is 0 Å². The molecule has 0 heterocycles. The molecule has 1 amide bonds. The van der Waals surface area contributed by atoms with Crippen molar-refractivity contribution in [2.75, 3.05) is 31.4 Å². The highest BCUT2D eigenvalue weighted by Gasteiger charge is 2.16. The van der Waals surface area contributed by atoms with Crippen molar-refractivity contribution >= 4 is 49.1 Å². The van der Waals surface area contributed by atoms with Crippen LogP contribution in [0.2, 0.25) is 0 Å². The average molecular weight is 428 g/mol. The lowest BCUT2D eigenvalue weighted by atomic mass is 10.1. The van der Waals surface area contributed by atoms with Crippen molar-refractivity contribution < 1.29 is 9.53 Å². The Balaban J connectivity index is 2.25. The molecule has 22 heavy (non-hydrogen) atoms. The highest BCUT2D eigenvalue weighted by molar-refractivity contribution is 9.11. The number of rotatable bonds is 4. The van der Waals surface area contributed by atoms with Crippen LogP contribution in [0.15, 0.2) is 45.3 Å². The molecule has 2 aromatic rings. The lowest BCUT2D eigenvalue weighted by Gasteiger charge is -2.14. The van der Waals surface area contributed by atoms with Crippen molar-refractivity contribution in [2.45, 2.75) is 0 Å². The van der Waals surface area contributed by atoms with Crippen LogP contribution in [0.3, 0.4) is 0 Å². The normalized spacial score (nSPS) is 10.2. The lowest BCUT2D eigenvalue weighted by Crippen LogP contribution is -2.14. The van der Waals surface area contributed by atoms with Gasteiger partial charge in [-0.05, 0) is 52.3 Å². The summed E-state index contributed by atoms with van der Waals surface area (Å²) in [5.41, 5.74) is 2.26. The molecule has 0 saturated heterocycles. The van der Waals surface area contributed by atoms with Gasteiger partial charge >= 0.3 is 0 Å². The zero-order valence-electron chi connectivity index (χ0n) is 12.5. The predicted octanol–water partition coefficient (Wildman–Crippen LogP) is 4.54. The SMILES string of the molecule is COc1c(Br)cc(Br)cc1C(=O)Nc1ccc(N(C)C)cc1. The van der Waals surface area contributed by atoms with Crippen molar-refractivity contribution in [3.8, 4) is 5.75 Å². The van der Waals surface area contributed by atoms with Gasteiger partial charge in [0.1, 0.15) is 5.75 Å². The van der Waals surface area contributed by atoms with Gasteiger partial charge in [-0.25, -0.2) is 0 Å². The third-order valence-corrected chi connectivity index (χ3v) is 4.15. The number of ether oxygens (including phenoxy) is 1. The second kappa shape index (κ2) is 7.15. The largest absolute Gasteiger partial charge is 0.495 e. The van der Waals surface area contributed by atoms with Crippen LogP contribution in [0.4, 0.5) is 11.4 Å². The average Bonchev–Trinajstić information content (AvgIpc) is 2.47. The maximum atomic E-state index is 12.5. The van der Waals surface area contributed by atoms with E-state index in [-0.39, 0.29) is 5.91 Å². The summed E-state index contributed by atoms with van der Waals surface area (Å²) in [6.45, 7) is 0. The van der Waals surface area contributed by atoms with Crippen LogP contribution in [0, 0.1) is 0 Å². The van der Waals surface area contributed by atoms with E-state index in [2.05, 4.69) is 37.2 Å². The highest BCUT2D eigenvalue weighted by Crippen LogP contribution is 2.33. The van der Waals surface area contributed by atoms with Gasteiger partial charge in [0, 0.05) is 29.9 Å². The lowest BCUT2D eigenvalue weighted by molar-refractivity contribution is 0.102. The van der Waals surface area contributed by atoms with Crippen LogP contribution in [-0.2, 0) is 0 Å². The summed E-state index contributed by atoms with van der Waals surface area (Å²) in [6.07, 6.45) is 0. The van der Waals surface area contributed by atoms with Gasteiger partial charge in [0.2, 0.25) is 0 Å². The van der Waals surface area contributed by atoms with Crippen molar-refractivity contribution in [2.24, 2.45) is 0 Å². The Bertz CT molecular complexity index is 685. The molecular weight excluding hydrogens is 412 g/mol. The van der Waals surface area contributed by atoms with Crippen LogP contribution < -0.4 is 15.0 Å². The zero-order valence-corrected chi connectivity index (χ0v) is 15.7. The first-order chi connectivity index (χ1) is 10.4. The summed E-state index contributed by atoms with van der Waals surface area (Å²) in [5, 5.41) is 2.87. The first-order valence-corrected chi connectivity index (χ1v) is 8.12. The summed E-state index contributed by atoms with van der Waals surface area (Å²) in [6, 6.07) is 11.2. The number of nitrogens with one attached hydrogen (secondary N) is 1. The number of methoxy groups -OCH3 is 1. The molecule has 6 heteroatoms. The Morgan fingerprint density at radius 2 is 1.77 bits per heavy atom. The third-order valence-electron chi connectivity index (χ3n) is 3.10.